The Bertz CT molecular complexity index is 543. The highest BCUT2D eigenvalue weighted by atomic mass is 16.3. The topological polar surface area (TPSA) is 76.1 Å². The molecule has 5 heteroatoms. The molecule has 1 aliphatic heterocycles. The van der Waals surface area contributed by atoms with Crippen molar-refractivity contribution < 1.29 is 5.11 Å². The summed E-state index contributed by atoms with van der Waals surface area (Å²) in [7, 11) is 0. The first-order chi connectivity index (χ1) is 8.24. The van der Waals surface area contributed by atoms with Gasteiger partial charge in [-0.2, -0.15) is 0 Å². The number of anilines is 1. The van der Waals surface area contributed by atoms with E-state index in [1.807, 2.05) is 4.57 Å². The molecule has 90 valence electrons. The van der Waals surface area contributed by atoms with Gasteiger partial charge in [0, 0.05) is 12.6 Å². The van der Waals surface area contributed by atoms with Gasteiger partial charge in [0.15, 0.2) is 0 Å². The predicted octanol–water partition coefficient (Wildman–Crippen LogP) is 0.934. The van der Waals surface area contributed by atoms with Crippen LogP contribution in [0.4, 0.5) is 5.95 Å². The zero-order valence-electron chi connectivity index (χ0n) is 9.56. The van der Waals surface area contributed by atoms with Crippen LogP contribution in [0, 0.1) is 5.92 Å². The summed E-state index contributed by atoms with van der Waals surface area (Å²) < 4.78 is 1.99. The van der Waals surface area contributed by atoms with Crippen LogP contribution in [-0.4, -0.2) is 27.7 Å². The van der Waals surface area contributed by atoms with Crippen molar-refractivity contribution in [1.29, 1.82) is 0 Å². The number of rotatable bonds is 2. The van der Waals surface area contributed by atoms with Crippen molar-refractivity contribution >= 4 is 17.0 Å². The Hall–Kier alpha value is -1.75. The Morgan fingerprint density at radius 1 is 1.53 bits per heavy atom. The summed E-state index contributed by atoms with van der Waals surface area (Å²) in [4.78, 5) is 4.31. The summed E-state index contributed by atoms with van der Waals surface area (Å²) in [5.74, 6) is 1.37. The summed E-state index contributed by atoms with van der Waals surface area (Å²) in [6.45, 7) is 2.96. The second-order valence-corrected chi connectivity index (χ2v) is 4.61. The van der Waals surface area contributed by atoms with Crippen molar-refractivity contribution in [2.45, 2.75) is 13.0 Å². The molecule has 2 aromatic rings. The minimum atomic E-state index is 0.253. The standard InChI is InChI=1S/C12H16N4O/c13-12-15-10-2-1-9(17)5-11(10)16(12)7-8-3-4-14-6-8/h1-2,5,8,14,17H,3-4,6-7H2,(H2,13,15). The highest BCUT2D eigenvalue weighted by Gasteiger charge is 2.18. The van der Waals surface area contributed by atoms with Crippen LogP contribution in [0.25, 0.3) is 11.0 Å². The molecule has 0 aliphatic carbocycles. The van der Waals surface area contributed by atoms with Gasteiger partial charge in [0.05, 0.1) is 11.0 Å². The fourth-order valence-electron chi connectivity index (χ4n) is 2.45. The molecular weight excluding hydrogens is 216 g/mol. The van der Waals surface area contributed by atoms with E-state index in [-0.39, 0.29) is 5.75 Å². The van der Waals surface area contributed by atoms with Crippen LogP contribution < -0.4 is 11.1 Å². The number of nitrogens with one attached hydrogen (secondary N) is 1. The maximum Gasteiger partial charge on any atom is 0.201 e. The number of aromatic nitrogens is 2. The zero-order valence-corrected chi connectivity index (χ0v) is 9.56. The van der Waals surface area contributed by atoms with Gasteiger partial charge in [-0.25, -0.2) is 4.98 Å². The molecule has 1 aromatic heterocycles. The quantitative estimate of drug-likeness (QED) is 0.720. The molecule has 0 radical (unpaired) electrons. The van der Waals surface area contributed by atoms with Crippen LogP contribution in [0.3, 0.4) is 0 Å². The number of hydrogen-bond acceptors (Lipinski definition) is 4. The van der Waals surface area contributed by atoms with Crippen molar-refractivity contribution in [2.75, 3.05) is 18.8 Å². The normalized spacial score (nSPS) is 20.1. The van der Waals surface area contributed by atoms with E-state index in [1.165, 1.54) is 0 Å². The van der Waals surface area contributed by atoms with Gasteiger partial charge < -0.3 is 20.7 Å². The lowest BCUT2D eigenvalue weighted by atomic mass is 10.1. The van der Waals surface area contributed by atoms with E-state index in [1.54, 1.807) is 18.2 Å². The number of phenolic OH excluding ortho intramolecular Hbond substituents is 1. The third-order valence-corrected chi connectivity index (χ3v) is 3.36. The number of aromatic hydroxyl groups is 1. The third-order valence-electron chi connectivity index (χ3n) is 3.36. The number of fused-ring (bicyclic) bond motifs is 1. The van der Waals surface area contributed by atoms with Gasteiger partial charge in [-0.15, -0.1) is 0 Å². The molecule has 4 N–H and O–H groups in total. The Labute approximate surface area is 99.3 Å². The number of benzene rings is 1. The predicted molar refractivity (Wildman–Crippen MR) is 66.8 cm³/mol. The fourth-order valence-corrected chi connectivity index (χ4v) is 2.45. The smallest absolute Gasteiger partial charge is 0.201 e. The first-order valence-corrected chi connectivity index (χ1v) is 5.89. The van der Waals surface area contributed by atoms with E-state index in [0.717, 1.165) is 37.1 Å². The van der Waals surface area contributed by atoms with Gasteiger partial charge in [-0.1, -0.05) is 0 Å². The van der Waals surface area contributed by atoms with Gasteiger partial charge in [0.2, 0.25) is 5.95 Å². The van der Waals surface area contributed by atoms with Crippen LogP contribution in [0.15, 0.2) is 18.2 Å². The van der Waals surface area contributed by atoms with Crippen LogP contribution in [0.1, 0.15) is 6.42 Å². The highest BCUT2D eigenvalue weighted by Crippen LogP contribution is 2.24. The summed E-state index contributed by atoms with van der Waals surface area (Å²) in [5.41, 5.74) is 7.68. The maximum atomic E-state index is 9.53. The highest BCUT2D eigenvalue weighted by molar-refractivity contribution is 5.79. The number of phenols is 1. The molecule has 17 heavy (non-hydrogen) atoms. The second-order valence-electron chi connectivity index (χ2n) is 4.61. The largest absolute Gasteiger partial charge is 0.508 e. The number of nitrogens with two attached hydrogens (primary N) is 1. The van der Waals surface area contributed by atoms with E-state index < -0.39 is 0 Å². The first-order valence-electron chi connectivity index (χ1n) is 5.89. The van der Waals surface area contributed by atoms with Crippen molar-refractivity contribution in [3.63, 3.8) is 0 Å². The number of imidazole rings is 1. The van der Waals surface area contributed by atoms with Gasteiger partial charge in [-0.3, -0.25) is 0 Å². The first kappa shape index (κ1) is 10.4. The molecule has 0 spiro atoms. The molecule has 1 atom stereocenters. The molecule has 0 bridgehead atoms. The molecule has 1 aliphatic rings. The van der Waals surface area contributed by atoms with Crippen LogP contribution in [0.5, 0.6) is 5.75 Å². The minimum absolute atomic E-state index is 0.253. The number of hydrogen-bond donors (Lipinski definition) is 3. The van der Waals surface area contributed by atoms with Crippen molar-refractivity contribution in [1.82, 2.24) is 14.9 Å². The SMILES string of the molecule is Nc1nc2ccc(O)cc2n1CC1CCNC1. The molecule has 2 heterocycles. The zero-order chi connectivity index (χ0) is 11.8. The van der Waals surface area contributed by atoms with Crippen molar-refractivity contribution in [3.05, 3.63) is 18.2 Å². The average molecular weight is 232 g/mol. The minimum Gasteiger partial charge on any atom is -0.508 e. The molecular formula is C12H16N4O. The third kappa shape index (κ3) is 1.82. The maximum absolute atomic E-state index is 9.53. The fraction of sp³-hybridized carbons (Fsp3) is 0.417. The summed E-state index contributed by atoms with van der Waals surface area (Å²) >= 11 is 0. The van der Waals surface area contributed by atoms with E-state index in [4.69, 9.17) is 5.73 Å². The summed E-state index contributed by atoms with van der Waals surface area (Å²) in [6.07, 6.45) is 1.16. The van der Waals surface area contributed by atoms with Crippen molar-refractivity contribution in [3.8, 4) is 5.75 Å². The lowest BCUT2D eigenvalue weighted by molar-refractivity contribution is 0.474. The second kappa shape index (κ2) is 3.92. The Balaban J connectivity index is 2.01. The van der Waals surface area contributed by atoms with E-state index in [9.17, 15) is 5.11 Å². The molecule has 1 aromatic carbocycles. The average Bonchev–Trinajstić information content (AvgIpc) is 2.90. The Morgan fingerprint density at radius 3 is 3.18 bits per heavy atom. The number of nitrogen functional groups attached to an aromatic ring is 1. The van der Waals surface area contributed by atoms with E-state index >= 15 is 0 Å². The lowest BCUT2D eigenvalue weighted by Crippen LogP contribution is -2.15. The molecule has 1 unspecified atom stereocenters. The molecule has 5 nitrogen and oxygen atoms in total. The number of nitrogens with zero attached hydrogens (tertiary/aromatic N) is 2. The molecule has 0 saturated carbocycles. The monoisotopic (exact) mass is 232 g/mol. The molecule has 0 amide bonds. The Kier molecular flexibility index (Phi) is 2.40. The van der Waals surface area contributed by atoms with Crippen molar-refractivity contribution in [2.24, 2.45) is 5.92 Å². The van der Waals surface area contributed by atoms with Crippen LogP contribution in [-0.2, 0) is 6.54 Å². The summed E-state index contributed by atoms with van der Waals surface area (Å²) in [6, 6.07) is 5.15. The van der Waals surface area contributed by atoms with Gasteiger partial charge >= 0.3 is 0 Å². The van der Waals surface area contributed by atoms with Gasteiger partial charge in [-0.05, 0) is 37.6 Å². The molecule has 1 fully saturated rings. The van der Waals surface area contributed by atoms with Gasteiger partial charge in [0.25, 0.3) is 0 Å². The van der Waals surface area contributed by atoms with E-state index in [0.29, 0.717) is 11.9 Å². The Morgan fingerprint density at radius 2 is 2.41 bits per heavy atom. The molecule has 3 rings (SSSR count). The van der Waals surface area contributed by atoms with Crippen LogP contribution in [0.2, 0.25) is 0 Å². The van der Waals surface area contributed by atoms with E-state index in [2.05, 4.69) is 10.3 Å². The van der Waals surface area contributed by atoms with Gasteiger partial charge in [0.1, 0.15) is 5.75 Å². The lowest BCUT2D eigenvalue weighted by Gasteiger charge is -2.11. The molecule has 1 saturated heterocycles. The van der Waals surface area contributed by atoms with Crippen LogP contribution >= 0.6 is 0 Å². The summed E-state index contributed by atoms with van der Waals surface area (Å²) in [5, 5.41) is 12.9.